The number of rotatable bonds is 3. The second-order valence-electron chi connectivity index (χ2n) is 6.42. The van der Waals surface area contributed by atoms with Crippen LogP contribution in [0.2, 0.25) is 10.0 Å². The Morgan fingerprint density at radius 2 is 1.89 bits per heavy atom. The number of benzene rings is 2. The largest absolute Gasteiger partial charge is 0.478 e. The van der Waals surface area contributed by atoms with Gasteiger partial charge in [0, 0.05) is 17.7 Å². The molecule has 7 heteroatoms. The lowest BCUT2D eigenvalue weighted by Gasteiger charge is -2.09. The van der Waals surface area contributed by atoms with Gasteiger partial charge in [-0.1, -0.05) is 35.3 Å². The third-order valence-electron chi connectivity index (χ3n) is 4.70. The van der Waals surface area contributed by atoms with Crippen LogP contribution in [0.3, 0.4) is 0 Å². The van der Waals surface area contributed by atoms with Gasteiger partial charge in [0.15, 0.2) is 0 Å². The molecule has 1 aliphatic heterocycles. The summed E-state index contributed by atoms with van der Waals surface area (Å²) in [7, 11) is 0. The molecule has 0 spiro atoms. The lowest BCUT2D eigenvalue weighted by molar-refractivity contribution is 0.0697. The van der Waals surface area contributed by atoms with Crippen molar-refractivity contribution in [2.45, 2.75) is 19.3 Å². The minimum atomic E-state index is -0.953. The molecule has 2 N–H and O–H groups in total. The number of carboxylic acids is 1. The maximum absolute atomic E-state index is 11.1. The number of carbonyl (C=O) groups is 1. The van der Waals surface area contributed by atoms with Gasteiger partial charge in [-0.25, -0.2) is 9.48 Å². The van der Waals surface area contributed by atoms with Crippen molar-refractivity contribution < 1.29 is 9.90 Å². The number of hydrogen-bond donors (Lipinski definition) is 2. The molecular weight excluding hydrogens is 385 g/mol. The maximum atomic E-state index is 11.1. The topological polar surface area (TPSA) is 67.1 Å². The molecule has 0 bridgehead atoms. The second-order valence-corrected chi connectivity index (χ2v) is 7.21. The van der Waals surface area contributed by atoms with Gasteiger partial charge in [0.25, 0.3) is 0 Å². The monoisotopic (exact) mass is 401 g/mol. The molecule has 4 rings (SSSR count). The highest BCUT2D eigenvalue weighted by Gasteiger charge is 2.23. The number of fused-ring (bicyclic) bond motifs is 1. The van der Waals surface area contributed by atoms with Crippen LogP contribution in [0.25, 0.3) is 16.9 Å². The van der Waals surface area contributed by atoms with E-state index in [1.807, 2.05) is 16.8 Å². The molecule has 2 aromatic carbocycles. The number of nitrogens with zero attached hydrogens (tertiary/aromatic N) is 2. The summed E-state index contributed by atoms with van der Waals surface area (Å²) in [6.07, 6.45) is 3.00. The van der Waals surface area contributed by atoms with Gasteiger partial charge in [0.05, 0.1) is 27.0 Å². The van der Waals surface area contributed by atoms with E-state index in [0.29, 0.717) is 10.0 Å². The van der Waals surface area contributed by atoms with Crippen LogP contribution in [0.5, 0.6) is 0 Å². The average Bonchev–Trinajstić information content (AvgIpc) is 2.85. The fourth-order valence-electron chi connectivity index (χ4n) is 3.34. The van der Waals surface area contributed by atoms with Gasteiger partial charge >= 0.3 is 5.97 Å². The molecule has 0 saturated carbocycles. The molecule has 0 amide bonds. The lowest BCUT2D eigenvalue weighted by atomic mass is 10.0. The van der Waals surface area contributed by atoms with Crippen LogP contribution in [-0.2, 0) is 6.42 Å². The normalized spacial score (nSPS) is 13.6. The van der Waals surface area contributed by atoms with Gasteiger partial charge in [-0.15, -0.1) is 0 Å². The van der Waals surface area contributed by atoms with Crippen LogP contribution in [0.1, 0.15) is 28.8 Å². The summed E-state index contributed by atoms with van der Waals surface area (Å²) in [5.41, 5.74) is 3.72. The number of halogens is 2. The Balaban J connectivity index is 1.89. The Hall–Kier alpha value is -2.50. The van der Waals surface area contributed by atoms with Crippen molar-refractivity contribution in [2.24, 2.45) is 0 Å². The standard InChI is InChI=1S/C20H17Cl2N3O2/c21-16-6-3-5-14(17(16)22)18-15-4-1-2-11-23-19(15)25(24-18)13-9-7-12(8-10-13)20(26)27/h3,5-10,23H,1-2,4,11H2,(H,26,27). The zero-order chi connectivity index (χ0) is 19.0. The van der Waals surface area contributed by atoms with Crippen molar-refractivity contribution in [3.8, 4) is 16.9 Å². The molecule has 0 atom stereocenters. The summed E-state index contributed by atoms with van der Waals surface area (Å²) in [5.74, 6) is -0.0352. The molecule has 0 fully saturated rings. The van der Waals surface area contributed by atoms with Crippen LogP contribution in [0, 0.1) is 0 Å². The first-order valence-electron chi connectivity index (χ1n) is 8.70. The zero-order valence-electron chi connectivity index (χ0n) is 14.4. The van der Waals surface area contributed by atoms with E-state index in [0.717, 1.165) is 54.1 Å². The van der Waals surface area contributed by atoms with E-state index in [1.165, 1.54) is 0 Å². The first kappa shape index (κ1) is 17.9. The van der Waals surface area contributed by atoms with Crippen molar-refractivity contribution in [1.82, 2.24) is 9.78 Å². The van der Waals surface area contributed by atoms with Crippen LogP contribution < -0.4 is 5.32 Å². The van der Waals surface area contributed by atoms with E-state index in [2.05, 4.69) is 5.32 Å². The van der Waals surface area contributed by atoms with Crippen molar-refractivity contribution in [1.29, 1.82) is 0 Å². The minimum absolute atomic E-state index is 0.239. The number of carboxylic acid groups (broad SMARTS) is 1. The summed E-state index contributed by atoms with van der Waals surface area (Å²) in [5, 5.41) is 18.4. The highest BCUT2D eigenvalue weighted by Crippen LogP contribution is 2.39. The number of aromatic carboxylic acids is 1. The molecule has 3 aromatic rings. The van der Waals surface area contributed by atoms with Crippen LogP contribution in [-0.4, -0.2) is 27.4 Å². The van der Waals surface area contributed by atoms with Gasteiger partial charge in [-0.3, -0.25) is 0 Å². The highest BCUT2D eigenvalue weighted by molar-refractivity contribution is 6.43. The summed E-state index contributed by atoms with van der Waals surface area (Å²) < 4.78 is 1.82. The Kier molecular flexibility index (Phi) is 4.81. The van der Waals surface area contributed by atoms with Crippen molar-refractivity contribution in [3.63, 3.8) is 0 Å². The predicted molar refractivity (Wildman–Crippen MR) is 107 cm³/mol. The summed E-state index contributed by atoms with van der Waals surface area (Å²) in [4.78, 5) is 11.1. The Labute approximate surface area is 166 Å². The molecule has 1 aromatic heterocycles. The maximum Gasteiger partial charge on any atom is 0.335 e. The summed E-state index contributed by atoms with van der Waals surface area (Å²) in [6.45, 7) is 0.856. The number of aromatic nitrogens is 2. The van der Waals surface area contributed by atoms with E-state index in [1.54, 1.807) is 30.3 Å². The summed E-state index contributed by atoms with van der Waals surface area (Å²) >= 11 is 12.7. The van der Waals surface area contributed by atoms with Crippen LogP contribution in [0.15, 0.2) is 42.5 Å². The van der Waals surface area contributed by atoms with E-state index >= 15 is 0 Å². The van der Waals surface area contributed by atoms with Gasteiger partial charge in [-0.05, 0) is 49.6 Å². The van der Waals surface area contributed by atoms with Crippen molar-refractivity contribution in [3.05, 3.63) is 63.6 Å². The van der Waals surface area contributed by atoms with Gasteiger partial charge in [0.2, 0.25) is 0 Å². The second kappa shape index (κ2) is 7.25. The summed E-state index contributed by atoms with van der Waals surface area (Å²) in [6, 6.07) is 12.2. The molecule has 0 aliphatic carbocycles. The van der Waals surface area contributed by atoms with Crippen LogP contribution >= 0.6 is 23.2 Å². The fraction of sp³-hybridized carbons (Fsp3) is 0.200. The molecule has 0 radical (unpaired) electrons. The quantitative estimate of drug-likeness (QED) is 0.625. The van der Waals surface area contributed by atoms with E-state index in [4.69, 9.17) is 33.4 Å². The average molecular weight is 402 g/mol. The van der Waals surface area contributed by atoms with Crippen molar-refractivity contribution in [2.75, 3.05) is 11.9 Å². The number of anilines is 1. The molecule has 27 heavy (non-hydrogen) atoms. The molecule has 2 heterocycles. The molecule has 138 valence electrons. The Morgan fingerprint density at radius 1 is 1.11 bits per heavy atom. The molecule has 1 aliphatic rings. The van der Waals surface area contributed by atoms with Gasteiger partial charge < -0.3 is 10.4 Å². The lowest BCUT2D eigenvalue weighted by Crippen LogP contribution is -2.07. The zero-order valence-corrected chi connectivity index (χ0v) is 15.9. The number of nitrogens with one attached hydrogen (secondary N) is 1. The first-order valence-corrected chi connectivity index (χ1v) is 9.45. The van der Waals surface area contributed by atoms with Crippen LogP contribution in [0.4, 0.5) is 5.82 Å². The predicted octanol–water partition coefficient (Wildman–Crippen LogP) is 5.29. The van der Waals surface area contributed by atoms with E-state index in [9.17, 15) is 4.79 Å². The Morgan fingerprint density at radius 3 is 2.63 bits per heavy atom. The molecule has 0 saturated heterocycles. The third-order valence-corrected chi connectivity index (χ3v) is 5.51. The molecule has 0 unspecified atom stereocenters. The smallest absolute Gasteiger partial charge is 0.335 e. The van der Waals surface area contributed by atoms with E-state index < -0.39 is 5.97 Å². The fourth-order valence-corrected chi connectivity index (χ4v) is 3.73. The van der Waals surface area contributed by atoms with Crippen molar-refractivity contribution >= 4 is 35.0 Å². The highest BCUT2D eigenvalue weighted by atomic mass is 35.5. The number of hydrogen-bond acceptors (Lipinski definition) is 3. The Bertz CT molecular complexity index is 1010. The van der Waals surface area contributed by atoms with Gasteiger partial charge in [0.1, 0.15) is 5.82 Å². The molecule has 5 nitrogen and oxygen atoms in total. The SMILES string of the molecule is O=C(O)c1ccc(-n2nc(-c3cccc(Cl)c3Cl)c3c2NCCCC3)cc1. The first-order chi connectivity index (χ1) is 13.1. The molecular formula is C20H17Cl2N3O2. The van der Waals surface area contributed by atoms with E-state index in [-0.39, 0.29) is 5.56 Å². The third kappa shape index (κ3) is 3.29. The van der Waals surface area contributed by atoms with Gasteiger partial charge in [-0.2, -0.15) is 5.10 Å². The minimum Gasteiger partial charge on any atom is -0.478 e.